The number of hydrogen-bond acceptors (Lipinski definition) is 9. The average Bonchev–Trinajstić information content (AvgIpc) is 3.51. The maximum atomic E-state index is 14.6. The molecule has 2 aliphatic carbocycles. The number of hydrogen-bond donors (Lipinski definition) is 3. The molecule has 0 spiro atoms. The summed E-state index contributed by atoms with van der Waals surface area (Å²) in [6, 6.07) is 18.0. The molecule has 16 heteroatoms. The monoisotopic (exact) mass is 851 g/mol. The minimum absolute atomic E-state index is 0.00350. The zero-order valence-corrected chi connectivity index (χ0v) is 34.8. The summed E-state index contributed by atoms with van der Waals surface area (Å²) in [5.74, 6) is -4.00. The fraction of sp³-hybridized carbons (Fsp3) is 0.435. The minimum Gasteiger partial charge on any atom is -0.479 e. The van der Waals surface area contributed by atoms with E-state index >= 15 is 0 Å². The van der Waals surface area contributed by atoms with Crippen molar-refractivity contribution in [2.24, 2.45) is 5.92 Å². The number of aliphatic carboxylic acids is 1. The summed E-state index contributed by atoms with van der Waals surface area (Å²) in [5.41, 5.74) is 2.64. The Morgan fingerprint density at radius 3 is 2.32 bits per heavy atom. The molecule has 0 unspecified atom stereocenters. The second kappa shape index (κ2) is 16.8. The van der Waals surface area contributed by atoms with Crippen LogP contribution in [0.5, 0.6) is 0 Å². The van der Waals surface area contributed by atoms with Gasteiger partial charge in [0.05, 0.1) is 13.1 Å². The van der Waals surface area contributed by atoms with Crippen molar-refractivity contribution < 1.29 is 52.5 Å². The predicted octanol–water partition coefficient (Wildman–Crippen LogP) is 5.70. The molecule has 8 rings (SSSR count). The number of carbonyl (C=O) groups is 6. The maximum Gasteiger partial charge on any atom is 0.410 e. The van der Waals surface area contributed by atoms with Gasteiger partial charge in [-0.25, -0.2) is 23.6 Å². The summed E-state index contributed by atoms with van der Waals surface area (Å²) >= 11 is 0. The third-order valence-corrected chi connectivity index (χ3v) is 12.2. The highest BCUT2D eigenvalue weighted by Gasteiger charge is 2.61. The standard InChI is InChI=1S/C46H50FN5O10/c1-45(2,3)62-42(57)48-37-18-10-20-50(43(58)60-26-35-32-15-6-4-13-30(32)31-14-5-7-16-33(31)35)19-9-12-28-22-46(28,41(55)56)49-39(53)38-21-29(24-52(38)40(37)54)61-44(59)51-23-27-11-8-17-36(47)34(27)25-51/h4-9,11-17,28-29,35,37-38H,10,18-26H2,1-3H3,(H,48,57)(H,49,53)(H,55,56)/b12-9-/t28-,29-,37+,38+,46-/m1/s1. The highest BCUT2D eigenvalue weighted by molar-refractivity contribution is 5.96. The fourth-order valence-corrected chi connectivity index (χ4v) is 9.06. The van der Waals surface area contributed by atoms with E-state index in [4.69, 9.17) is 14.2 Å². The van der Waals surface area contributed by atoms with E-state index < -0.39 is 77.1 Å². The fourth-order valence-electron chi connectivity index (χ4n) is 9.06. The summed E-state index contributed by atoms with van der Waals surface area (Å²) < 4.78 is 31.8. The Kier molecular flexibility index (Phi) is 11.4. The van der Waals surface area contributed by atoms with Crippen LogP contribution in [0, 0.1) is 11.7 Å². The van der Waals surface area contributed by atoms with Crippen molar-refractivity contribution in [3.05, 3.63) is 107 Å². The van der Waals surface area contributed by atoms with E-state index in [0.717, 1.165) is 22.3 Å². The minimum atomic E-state index is -1.69. The topological polar surface area (TPSA) is 184 Å². The Labute approximate surface area is 358 Å². The summed E-state index contributed by atoms with van der Waals surface area (Å²) in [6.45, 7) is 5.04. The molecule has 2 fully saturated rings. The Morgan fingerprint density at radius 1 is 0.935 bits per heavy atom. The molecule has 0 bridgehead atoms. The van der Waals surface area contributed by atoms with Gasteiger partial charge in [0.2, 0.25) is 11.8 Å². The summed E-state index contributed by atoms with van der Waals surface area (Å²) in [5, 5.41) is 15.7. The number of ether oxygens (including phenoxy) is 3. The van der Waals surface area contributed by atoms with Crippen LogP contribution in [0.1, 0.15) is 74.6 Å². The third kappa shape index (κ3) is 8.55. The van der Waals surface area contributed by atoms with Gasteiger partial charge < -0.3 is 39.8 Å². The number of fused-ring (bicyclic) bond motifs is 6. The average molecular weight is 852 g/mol. The second-order valence-electron chi connectivity index (χ2n) is 17.6. The first-order chi connectivity index (χ1) is 29.6. The van der Waals surface area contributed by atoms with Gasteiger partial charge in [0.1, 0.15) is 41.8 Å². The van der Waals surface area contributed by atoms with E-state index in [9.17, 15) is 38.3 Å². The molecule has 0 aromatic heterocycles. The van der Waals surface area contributed by atoms with E-state index in [1.807, 2.05) is 48.5 Å². The smallest absolute Gasteiger partial charge is 0.410 e. The van der Waals surface area contributed by atoms with Crippen LogP contribution >= 0.6 is 0 Å². The lowest BCUT2D eigenvalue weighted by atomic mass is 9.98. The van der Waals surface area contributed by atoms with E-state index in [1.54, 1.807) is 45.1 Å². The number of rotatable bonds is 5. The molecule has 3 aliphatic heterocycles. The summed E-state index contributed by atoms with van der Waals surface area (Å²) in [7, 11) is 0. The van der Waals surface area contributed by atoms with Crippen LogP contribution in [0.2, 0.25) is 0 Å². The number of halogens is 1. The van der Waals surface area contributed by atoms with E-state index in [1.165, 1.54) is 20.8 Å². The largest absolute Gasteiger partial charge is 0.479 e. The van der Waals surface area contributed by atoms with Crippen molar-refractivity contribution in [1.29, 1.82) is 0 Å². The molecule has 3 aromatic rings. The molecule has 5 aliphatic rings. The molecule has 5 atom stereocenters. The number of nitrogens with zero attached hydrogens (tertiary/aromatic N) is 3. The molecule has 3 heterocycles. The number of carbonyl (C=O) groups excluding carboxylic acids is 5. The first kappa shape index (κ1) is 42.2. The molecular weight excluding hydrogens is 802 g/mol. The van der Waals surface area contributed by atoms with Crippen molar-refractivity contribution in [1.82, 2.24) is 25.3 Å². The van der Waals surface area contributed by atoms with Gasteiger partial charge in [-0.3, -0.25) is 14.5 Å². The maximum absolute atomic E-state index is 14.6. The molecule has 326 valence electrons. The van der Waals surface area contributed by atoms with Crippen molar-refractivity contribution in [2.45, 2.75) is 94.8 Å². The van der Waals surface area contributed by atoms with E-state index in [-0.39, 0.29) is 70.9 Å². The molecular formula is C46H50FN5O10. The normalized spacial score (nSPS) is 25.1. The Balaban J connectivity index is 1.03. The van der Waals surface area contributed by atoms with Crippen LogP contribution in [0.3, 0.4) is 0 Å². The van der Waals surface area contributed by atoms with Crippen molar-refractivity contribution in [3.63, 3.8) is 0 Å². The Hall–Kier alpha value is -6.45. The van der Waals surface area contributed by atoms with Gasteiger partial charge in [0, 0.05) is 43.5 Å². The van der Waals surface area contributed by atoms with Crippen LogP contribution in [0.4, 0.5) is 18.8 Å². The third-order valence-electron chi connectivity index (χ3n) is 12.2. The molecule has 3 aromatic carbocycles. The highest BCUT2D eigenvalue weighted by atomic mass is 19.1. The lowest BCUT2D eigenvalue weighted by Crippen LogP contribution is -2.56. The van der Waals surface area contributed by atoms with Crippen molar-refractivity contribution in [3.8, 4) is 11.1 Å². The second-order valence-corrected chi connectivity index (χ2v) is 17.6. The first-order valence-electron chi connectivity index (χ1n) is 21.0. The van der Waals surface area contributed by atoms with Gasteiger partial charge in [-0.05, 0) is 73.9 Å². The zero-order chi connectivity index (χ0) is 43.9. The molecule has 1 saturated heterocycles. The molecule has 62 heavy (non-hydrogen) atoms. The Bertz CT molecular complexity index is 2280. The van der Waals surface area contributed by atoms with E-state index in [2.05, 4.69) is 10.6 Å². The number of benzene rings is 3. The molecule has 3 N–H and O–H groups in total. The van der Waals surface area contributed by atoms with Crippen LogP contribution in [0.25, 0.3) is 11.1 Å². The number of carboxylic acids is 1. The van der Waals surface area contributed by atoms with Gasteiger partial charge in [0.25, 0.3) is 0 Å². The van der Waals surface area contributed by atoms with Crippen LogP contribution < -0.4 is 10.6 Å². The number of carboxylic acid groups (broad SMARTS) is 1. The molecule has 1 saturated carbocycles. The molecule has 0 radical (unpaired) electrons. The Morgan fingerprint density at radius 2 is 1.65 bits per heavy atom. The van der Waals surface area contributed by atoms with Gasteiger partial charge in [-0.1, -0.05) is 72.8 Å². The zero-order valence-electron chi connectivity index (χ0n) is 34.8. The summed E-state index contributed by atoms with van der Waals surface area (Å²) in [4.78, 5) is 86.0. The number of alkyl carbamates (subject to hydrolysis) is 1. The predicted molar refractivity (Wildman–Crippen MR) is 221 cm³/mol. The lowest BCUT2D eigenvalue weighted by molar-refractivity contribution is -0.145. The van der Waals surface area contributed by atoms with Crippen LogP contribution in [-0.4, -0.2) is 111 Å². The van der Waals surface area contributed by atoms with E-state index in [0.29, 0.717) is 11.1 Å². The lowest BCUT2D eigenvalue weighted by Gasteiger charge is -2.30. The molecule has 15 nitrogen and oxygen atoms in total. The number of amides is 5. The first-order valence-corrected chi connectivity index (χ1v) is 21.0. The summed E-state index contributed by atoms with van der Waals surface area (Å²) in [6.07, 6.45) is 0.140. The highest BCUT2D eigenvalue weighted by Crippen LogP contribution is 2.46. The van der Waals surface area contributed by atoms with Gasteiger partial charge in [-0.15, -0.1) is 0 Å². The quantitative estimate of drug-likeness (QED) is 0.213. The van der Waals surface area contributed by atoms with Gasteiger partial charge in [-0.2, -0.15) is 0 Å². The van der Waals surface area contributed by atoms with Crippen LogP contribution in [0.15, 0.2) is 78.9 Å². The van der Waals surface area contributed by atoms with Crippen molar-refractivity contribution >= 4 is 36.1 Å². The SMILES string of the molecule is CC(C)(C)OC(=O)N[C@H]1CCCN(C(=O)OCC2c3ccccc3-c3ccccc32)C/C=C\[C@@H]2C[C@@]2(C(=O)O)NC(=O)[C@@H]2C[C@@H](OC(=O)N3Cc4cccc(F)c4C3)CN2C1=O. The van der Waals surface area contributed by atoms with Gasteiger partial charge in [0.15, 0.2) is 0 Å². The number of nitrogens with one attached hydrogen (secondary N) is 2. The molecule has 5 amide bonds. The van der Waals surface area contributed by atoms with Crippen LogP contribution in [-0.2, 0) is 41.7 Å². The van der Waals surface area contributed by atoms with Gasteiger partial charge >= 0.3 is 24.2 Å². The van der Waals surface area contributed by atoms with Crippen molar-refractivity contribution in [2.75, 3.05) is 26.2 Å².